The SMILES string of the molecule is COc1cccc(Nc2ccccc2C(=O)NCCc2c[nH]c3ccc(O)cc23)c1OC. The summed E-state index contributed by atoms with van der Waals surface area (Å²) in [7, 11) is 3.16. The number of carbonyl (C=O) groups excluding carboxylic acids is 1. The normalized spacial score (nSPS) is 10.7. The summed E-state index contributed by atoms with van der Waals surface area (Å²) in [5.74, 6) is 1.20. The first-order valence-electron chi connectivity index (χ1n) is 10.2. The van der Waals surface area contributed by atoms with E-state index in [-0.39, 0.29) is 11.7 Å². The van der Waals surface area contributed by atoms with Gasteiger partial charge in [-0.05, 0) is 54.4 Å². The Kier molecular flexibility index (Phi) is 6.17. The minimum absolute atomic E-state index is 0.183. The van der Waals surface area contributed by atoms with Crippen LogP contribution >= 0.6 is 0 Å². The van der Waals surface area contributed by atoms with Gasteiger partial charge in [-0.1, -0.05) is 18.2 Å². The third-order valence-corrected chi connectivity index (χ3v) is 5.27. The second kappa shape index (κ2) is 9.34. The quantitative estimate of drug-likeness (QED) is 0.327. The molecule has 0 aliphatic carbocycles. The van der Waals surface area contributed by atoms with Gasteiger partial charge in [0.15, 0.2) is 11.5 Å². The Balaban J connectivity index is 1.48. The molecule has 0 radical (unpaired) electrons. The van der Waals surface area contributed by atoms with Crippen molar-refractivity contribution in [1.82, 2.24) is 10.3 Å². The van der Waals surface area contributed by atoms with Crippen molar-refractivity contribution in [3.8, 4) is 17.2 Å². The second-order valence-electron chi connectivity index (χ2n) is 7.26. The number of hydrogen-bond donors (Lipinski definition) is 4. The fourth-order valence-corrected chi connectivity index (χ4v) is 3.70. The number of amides is 1. The molecule has 0 aliphatic heterocycles. The molecule has 4 N–H and O–H groups in total. The van der Waals surface area contributed by atoms with Crippen LogP contribution in [0.15, 0.2) is 66.9 Å². The van der Waals surface area contributed by atoms with Gasteiger partial charge in [0.25, 0.3) is 5.91 Å². The average molecular weight is 431 g/mol. The number of phenols is 1. The molecule has 0 fully saturated rings. The molecule has 3 aromatic carbocycles. The van der Waals surface area contributed by atoms with Crippen molar-refractivity contribution in [3.05, 3.63) is 78.0 Å². The minimum Gasteiger partial charge on any atom is -0.508 e. The predicted molar refractivity (Wildman–Crippen MR) is 125 cm³/mol. The summed E-state index contributed by atoms with van der Waals surface area (Å²) >= 11 is 0. The Morgan fingerprint density at radius 3 is 2.62 bits per heavy atom. The molecule has 7 heteroatoms. The standard InChI is InChI=1S/C25H25N3O4/c1-31-23-9-5-8-22(24(23)32-2)28-21-7-4-3-6-18(21)25(30)26-13-12-16-15-27-20-11-10-17(29)14-19(16)20/h3-11,14-15,27-29H,12-13H2,1-2H3,(H,26,30). The fraction of sp³-hybridized carbons (Fsp3) is 0.160. The van der Waals surface area contributed by atoms with E-state index in [2.05, 4.69) is 15.6 Å². The van der Waals surface area contributed by atoms with Crippen molar-refractivity contribution in [3.63, 3.8) is 0 Å². The number of aromatic nitrogens is 1. The van der Waals surface area contributed by atoms with Gasteiger partial charge in [-0.25, -0.2) is 0 Å². The maximum absolute atomic E-state index is 12.9. The Hall–Kier alpha value is -4.13. The number of aromatic amines is 1. The highest BCUT2D eigenvalue weighted by molar-refractivity contribution is 6.00. The van der Waals surface area contributed by atoms with Crippen molar-refractivity contribution in [2.45, 2.75) is 6.42 Å². The number of benzene rings is 3. The van der Waals surface area contributed by atoms with E-state index < -0.39 is 0 Å². The largest absolute Gasteiger partial charge is 0.508 e. The van der Waals surface area contributed by atoms with E-state index in [1.807, 2.05) is 48.7 Å². The van der Waals surface area contributed by atoms with E-state index in [9.17, 15) is 9.90 Å². The average Bonchev–Trinajstić information content (AvgIpc) is 3.21. The summed E-state index contributed by atoms with van der Waals surface area (Å²) in [4.78, 5) is 16.1. The summed E-state index contributed by atoms with van der Waals surface area (Å²) in [6.07, 6.45) is 2.54. The number of H-pyrrole nitrogens is 1. The molecule has 0 aliphatic rings. The number of nitrogens with one attached hydrogen (secondary N) is 3. The van der Waals surface area contributed by atoms with Crippen molar-refractivity contribution in [2.75, 3.05) is 26.1 Å². The van der Waals surface area contributed by atoms with Crippen LogP contribution in [0, 0.1) is 0 Å². The molecule has 7 nitrogen and oxygen atoms in total. The van der Waals surface area contributed by atoms with Crippen LogP contribution in [0.2, 0.25) is 0 Å². The van der Waals surface area contributed by atoms with E-state index >= 15 is 0 Å². The lowest BCUT2D eigenvalue weighted by molar-refractivity contribution is 0.0955. The van der Waals surface area contributed by atoms with Gasteiger partial charge in [-0.15, -0.1) is 0 Å². The number of fused-ring (bicyclic) bond motifs is 1. The lowest BCUT2D eigenvalue weighted by atomic mass is 10.1. The summed E-state index contributed by atoms with van der Waals surface area (Å²) < 4.78 is 10.8. The van der Waals surface area contributed by atoms with Crippen LogP contribution in [0.25, 0.3) is 10.9 Å². The van der Waals surface area contributed by atoms with Gasteiger partial charge >= 0.3 is 0 Å². The number of hydrogen-bond acceptors (Lipinski definition) is 5. The van der Waals surface area contributed by atoms with Crippen LogP contribution in [-0.4, -0.2) is 36.8 Å². The number of rotatable bonds is 8. The van der Waals surface area contributed by atoms with Gasteiger partial charge < -0.3 is 30.2 Å². The minimum atomic E-state index is -0.183. The van der Waals surface area contributed by atoms with Gasteiger partial charge in [0.2, 0.25) is 0 Å². The molecule has 0 atom stereocenters. The van der Waals surface area contributed by atoms with Crippen molar-refractivity contribution >= 4 is 28.2 Å². The van der Waals surface area contributed by atoms with Crippen LogP contribution in [0.1, 0.15) is 15.9 Å². The molecular weight excluding hydrogens is 406 g/mol. The Morgan fingerprint density at radius 1 is 1.00 bits per heavy atom. The molecule has 4 rings (SSSR count). The Labute approximate surface area is 186 Å². The molecule has 4 aromatic rings. The molecule has 0 bridgehead atoms. The number of phenolic OH excluding ortho intramolecular Hbond substituents is 1. The number of methoxy groups -OCH3 is 2. The molecule has 0 saturated carbocycles. The number of ether oxygens (including phenoxy) is 2. The first-order chi connectivity index (χ1) is 15.6. The van der Waals surface area contributed by atoms with Crippen molar-refractivity contribution in [1.29, 1.82) is 0 Å². The zero-order valence-corrected chi connectivity index (χ0v) is 17.9. The Bertz CT molecular complexity index is 1250. The molecule has 0 spiro atoms. The van der Waals surface area contributed by atoms with E-state index in [1.165, 1.54) is 0 Å². The Morgan fingerprint density at radius 2 is 1.81 bits per heavy atom. The van der Waals surface area contributed by atoms with E-state index in [4.69, 9.17) is 9.47 Å². The molecule has 1 heterocycles. The monoisotopic (exact) mass is 431 g/mol. The van der Waals surface area contributed by atoms with Gasteiger partial charge in [-0.2, -0.15) is 0 Å². The molecule has 0 unspecified atom stereocenters. The number of para-hydroxylation sites is 2. The van der Waals surface area contributed by atoms with Crippen LogP contribution in [0.4, 0.5) is 11.4 Å². The maximum atomic E-state index is 12.9. The number of aromatic hydroxyl groups is 1. The van der Waals surface area contributed by atoms with Crippen LogP contribution in [0.3, 0.4) is 0 Å². The van der Waals surface area contributed by atoms with Crippen LogP contribution < -0.4 is 20.1 Å². The molecule has 164 valence electrons. The van der Waals surface area contributed by atoms with Gasteiger partial charge in [0.1, 0.15) is 5.75 Å². The highest BCUT2D eigenvalue weighted by atomic mass is 16.5. The lowest BCUT2D eigenvalue weighted by Gasteiger charge is -2.16. The van der Waals surface area contributed by atoms with Crippen LogP contribution in [-0.2, 0) is 6.42 Å². The first-order valence-corrected chi connectivity index (χ1v) is 10.2. The summed E-state index contributed by atoms with van der Waals surface area (Å²) in [5, 5.41) is 17.0. The summed E-state index contributed by atoms with van der Waals surface area (Å²) in [6.45, 7) is 0.457. The second-order valence-corrected chi connectivity index (χ2v) is 7.26. The van der Waals surface area contributed by atoms with Gasteiger partial charge in [0, 0.05) is 23.6 Å². The number of carbonyl (C=O) groups is 1. The smallest absolute Gasteiger partial charge is 0.253 e. The van der Waals surface area contributed by atoms with Crippen molar-refractivity contribution < 1.29 is 19.4 Å². The fourth-order valence-electron chi connectivity index (χ4n) is 3.70. The highest BCUT2D eigenvalue weighted by Crippen LogP contribution is 2.37. The molecule has 32 heavy (non-hydrogen) atoms. The predicted octanol–water partition coefficient (Wildman–Crippen LogP) is 4.61. The van der Waals surface area contributed by atoms with Gasteiger partial charge in [0.05, 0.1) is 31.2 Å². The van der Waals surface area contributed by atoms with E-state index in [0.717, 1.165) is 16.5 Å². The highest BCUT2D eigenvalue weighted by Gasteiger charge is 2.15. The third kappa shape index (κ3) is 4.32. The molecular formula is C25H25N3O4. The molecule has 1 amide bonds. The van der Waals surface area contributed by atoms with Crippen molar-refractivity contribution in [2.24, 2.45) is 0 Å². The van der Waals surface area contributed by atoms with Crippen LogP contribution in [0.5, 0.6) is 17.2 Å². The zero-order valence-electron chi connectivity index (χ0n) is 17.9. The van der Waals surface area contributed by atoms with E-state index in [1.54, 1.807) is 32.4 Å². The molecule has 0 saturated heterocycles. The third-order valence-electron chi connectivity index (χ3n) is 5.27. The topological polar surface area (TPSA) is 95.6 Å². The number of anilines is 2. The van der Waals surface area contributed by atoms with Gasteiger partial charge in [-0.3, -0.25) is 4.79 Å². The summed E-state index contributed by atoms with van der Waals surface area (Å²) in [5.41, 5.74) is 3.86. The maximum Gasteiger partial charge on any atom is 0.253 e. The van der Waals surface area contributed by atoms with E-state index in [0.29, 0.717) is 41.4 Å². The molecule has 1 aromatic heterocycles. The summed E-state index contributed by atoms with van der Waals surface area (Å²) in [6, 6.07) is 18.0. The first kappa shape index (κ1) is 21.1. The zero-order chi connectivity index (χ0) is 22.5. The lowest BCUT2D eigenvalue weighted by Crippen LogP contribution is -2.26.